The van der Waals surface area contributed by atoms with E-state index in [1.807, 2.05) is 0 Å². The molecule has 0 radical (unpaired) electrons. The van der Waals surface area contributed by atoms with Gasteiger partial charge in [-0.05, 0) is 56.5 Å². The summed E-state index contributed by atoms with van der Waals surface area (Å²) < 4.78 is 42.7. The molecule has 0 aliphatic carbocycles. The largest absolute Gasteiger partial charge is 0.454 e. The molecule has 9 nitrogen and oxygen atoms in total. The predicted octanol–water partition coefficient (Wildman–Crippen LogP) is 4.28. The third kappa shape index (κ3) is 4.73. The van der Waals surface area contributed by atoms with Gasteiger partial charge in [0.2, 0.25) is 22.5 Å². The van der Waals surface area contributed by atoms with Gasteiger partial charge in [-0.2, -0.15) is 0 Å². The summed E-state index contributed by atoms with van der Waals surface area (Å²) in [5.74, 6) is 1.33. The van der Waals surface area contributed by atoms with E-state index in [4.69, 9.17) is 14.2 Å². The molecule has 3 aromatic rings. The van der Waals surface area contributed by atoms with E-state index in [0.29, 0.717) is 29.0 Å². The molecule has 4 heterocycles. The van der Waals surface area contributed by atoms with E-state index in [1.165, 1.54) is 12.1 Å². The number of nitrogens with zero attached hydrogens (tertiary/aromatic N) is 3. The van der Waals surface area contributed by atoms with Crippen LogP contribution in [0, 0.1) is 5.92 Å². The lowest BCUT2D eigenvalue weighted by Gasteiger charge is -2.33. The lowest BCUT2D eigenvalue weighted by Crippen LogP contribution is -2.39. The van der Waals surface area contributed by atoms with E-state index in [2.05, 4.69) is 35.6 Å². The zero-order chi connectivity index (χ0) is 25.5. The van der Waals surface area contributed by atoms with Gasteiger partial charge in [0, 0.05) is 30.4 Å². The molecule has 0 amide bonds. The van der Waals surface area contributed by atoms with Gasteiger partial charge in [-0.25, -0.2) is 18.4 Å². The normalized spacial score (nSPS) is 18.3. The first-order valence-electron chi connectivity index (χ1n) is 11.7. The van der Waals surface area contributed by atoms with Crippen LogP contribution in [0.1, 0.15) is 37.6 Å². The Hall–Kier alpha value is -3.66. The van der Waals surface area contributed by atoms with Crippen LogP contribution < -0.4 is 19.1 Å². The number of ketones is 1. The second-order valence-electron chi connectivity index (χ2n) is 9.72. The van der Waals surface area contributed by atoms with Crippen LogP contribution in [0.25, 0.3) is 0 Å². The smallest absolute Gasteiger partial charge is 0.231 e. The zero-order valence-electron chi connectivity index (χ0n) is 20.3. The molecule has 0 saturated carbocycles. The number of benzene rings is 1. The Morgan fingerprint density at radius 1 is 1.14 bits per heavy atom. The number of anilines is 1. The molecule has 0 bridgehead atoms. The highest BCUT2D eigenvalue weighted by molar-refractivity contribution is 7.92. The molecule has 1 atom stereocenters. The third-order valence-electron chi connectivity index (χ3n) is 6.32. The number of sulfone groups is 1. The fraction of sp³-hybridized carbons (Fsp3) is 0.346. The van der Waals surface area contributed by atoms with Gasteiger partial charge in [0.05, 0.1) is 5.56 Å². The Morgan fingerprint density at radius 2 is 1.94 bits per heavy atom. The first-order chi connectivity index (χ1) is 17.1. The number of carbonyl (C=O) groups is 1. The van der Waals surface area contributed by atoms with Crippen LogP contribution in [0.4, 0.5) is 5.82 Å². The van der Waals surface area contributed by atoms with Crippen LogP contribution in [-0.2, 0) is 9.84 Å². The summed E-state index contributed by atoms with van der Waals surface area (Å²) in [5.41, 5.74) is 0.0971. The van der Waals surface area contributed by atoms with Gasteiger partial charge in [0.25, 0.3) is 0 Å². The van der Waals surface area contributed by atoms with Crippen molar-refractivity contribution in [3.05, 3.63) is 60.3 Å². The molecule has 1 fully saturated rings. The van der Waals surface area contributed by atoms with Crippen LogP contribution in [0.15, 0.2) is 59.8 Å². The molecule has 5 rings (SSSR count). The number of ether oxygens (including phenoxy) is 3. The fourth-order valence-electron chi connectivity index (χ4n) is 4.80. The van der Waals surface area contributed by atoms with Crippen molar-refractivity contribution in [1.82, 2.24) is 9.97 Å². The van der Waals surface area contributed by atoms with E-state index < -0.39 is 21.4 Å². The van der Waals surface area contributed by atoms with Crippen LogP contribution in [0.5, 0.6) is 23.1 Å². The van der Waals surface area contributed by atoms with Crippen molar-refractivity contribution < 1.29 is 27.4 Å². The Balaban J connectivity index is 1.36. The fourth-order valence-corrected chi connectivity index (χ4v) is 5.96. The molecule has 1 unspecified atom stereocenters. The number of Topliss-reactive ketones (excluding diaryl/α,β-unsaturated/α-hetero) is 1. The molecule has 188 valence electrons. The van der Waals surface area contributed by atoms with Gasteiger partial charge in [-0.15, -0.1) is 0 Å². The van der Waals surface area contributed by atoms with Crippen molar-refractivity contribution in [2.75, 3.05) is 24.0 Å². The summed E-state index contributed by atoms with van der Waals surface area (Å²) in [6.45, 7) is 7.24. The summed E-state index contributed by atoms with van der Waals surface area (Å²) in [6, 6.07) is 12.7. The van der Waals surface area contributed by atoms with E-state index >= 15 is 0 Å². The highest BCUT2D eigenvalue weighted by Crippen LogP contribution is 2.38. The highest BCUT2D eigenvalue weighted by Gasteiger charge is 2.39. The highest BCUT2D eigenvalue weighted by atomic mass is 32.2. The van der Waals surface area contributed by atoms with Gasteiger partial charge in [0.15, 0.2) is 22.3 Å². The first kappa shape index (κ1) is 24.1. The number of pyridine rings is 2. The monoisotopic (exact) mass is 509 g/mol. The van der Waals surface area contributed by atoms with Gasteiger partial charge in [0.1, 0.15) is 17.3 Å². The molecule has 0 N–H and O–H groups in total. The number of hydrogen-bond donors (Lipinski definition) is 0. The minimum absolute atomic E-state index is 0.0808. The maximum Gasteiger partial charge on any atom is 0.231 e. The topological polar surface area (TPSA) is 108 Å². The average Bonchev–Trinajstić information content (AvgIpc) is 3.41. The van der Waals surface area contributed by atoms with Crippen molar-refractivity contribution in [2.45, 2.75) is 37.8 Å². The second-order valence-corrected chi connectivity index (χ2v) is 11.7. The number of aromatic nitrogens is 2. The summed E-state index contributed by atoms with van der Waals surface area (Å²) in [4.78, 5) is 24.0. The number of fused-ring (bicyclic) bond motifs is 1. The Labute approximate surface area is 210 Å². The lowest BCUT2D eigenvalue weighted by atomic mass is 9.97. The molecule has 10 heteroatoms. The van der Waals surface area contributed by atoms with Crippen molar-refractivity contribution in [3.8, 4) is 23.1 Å². The maximum absolute atomic E-state index is 13.3. The minimum Gasteiger partial charge on any atom is -0.454 e. The molecule has 36 heavy (non-hydrogen) atoms. The van der Waals surface area contributed by atoms with E-state index in [-0.39, 0.29) is 28.8 Å². The maximum atomic E-state index is 13.3. The standard InChI is InChI=1S/C26H27N3O6S/c1-17-13-26(2,3)29(14-17)25-19(6-5-11-27-25)20(30)15-36(31,32)24-8-4-7-23(28-24)35-18-9-10-21-22(12-18)34-16-33-21/h4-12,17H,13-16H2,1-3H3. The van der Waals surface area contributed by atoms with Crippen LogP contribution in [0.2, 0.25) is 0 Å². The number of carbonyl (C=O) groups excluding carboxylic acids is 1. The van der Waals surface area contributed by atoms with E-state index in [0.717, 1.165) is 13.0 Å². The van der Waals surface area contributed by atoms with Crippen LogP contribution in [-0.4, -0.2) is 48.8 Å². The second kappa shape index (κ2) is 9.09. The minimum atomic E-state index is -4.04. The summed E-state index contributed by atoms with van der Waals surface area (Å²) in [5, 5.41) is -0.241. The molecule has 2 aliphatic heterocycles. The third-order valence-corrected chi connectivity index (χ3v) is 7.83. The molecule has 1 aromatic carbocycles. The van der Waals surface area contributed by atoms with Crippen molar-refractivity contribution in [1.29, 1.82) is 0 Å². The number of hydrogen-bond acceptors (Lipinski definition) is 9. The summed E-state index contributed by atoms with van der Waals surface area (Å²) in [7, 11) is -4.04. The molecular weight excluding hydrogens is 482 g/mol. The van der Waals surface area contributed by atoms with Crippen LogP contribution >= 0.6 is 0 Å². The van der Waals surface area contributed by atoms with Crippen molar-refractivity contribution in [2.24, 2.45) is 5.92 Å². The lowest BCUT2D eigenvalue weighted by molar-refractivity contribution is 0.102. The van der Waals surface area contributed by atoms with Gasteiger partial charge >= 0.3 is 0 Å². The first-order valence-corrected chi connectivity index (χ1v) is 13.3. The SMILES string of the molecule is CC1CN(c2ncccc2C(=O)CS(=O)(=O)c2cccc(Oc3ccc4c(c3)OCO4)n2)C(C)(C)C1. The molecule has 0 spiro atoms. The van der Waals surface area contributed by atoms with Gasteiger partial charge in [-0.1, -0.05) is 13.0 Å². The zero-order valence-corrected chi connectivity index (χ0v) is 21.1. The number of rotatable bonds is 7. The molecular formula is C26H27N3O6S. The molecule has 2 aliphatic rings. The van der Waals surface area contributed by atoms with Gasteiger partial charge < -0.3 is 19.1 Å². The predicted molar refractivity (Wildman–Crippen MR) is 133 cm³/mol. The van der Waals surface area contributed by atoms with E-state index in [9.17, 15) is 13.2 Å². The van der Waals surface area contributed by atoms with E-state index in [1.54, 1.807) is 42.6 Å². The Bertz CT molecular complexity index is 1420. The Kier molecular flexibility index (Phi) is 6.07. The summed E-state index contributed by atoms with van der Waals surface area (Å²) >= 11 is 0. The van der Waals surface area contributed by atoms with Crippen LogP contribution in [0.3, 0.4) is 0 Å². The quantitative estimate of drug-likeness (QED) is 0.431. The average molecular weight is 510 g/mol. The van der Waals surface area contributed by atoms with Crippen molar-refractivity contribution >= 4 is 21.4 Å². The van der Waals surface area contributed by atoms with Gasteiger partial charge in [-0.3, -0.25) is 4.79 Å². The van der Waals surface area contributed by atoms with Crippen molar-refractivity contribution in [3.63, 3.8) is 0 Å². The molecule has 2 aromatic heterocycles. The molecule has 1 saturated heterocycles. The summed E-state index contributed by atoms with van der Waals surface area (Å²) in [6.07, 6.45) is 2.58. The Morgan fingerprint density at radius 3 is 2.72 bits per heavy atom.